The summed E-state index contributed by atoms with van der Waals surface area (Å²) in [5.74, 6) is -0.448. The van der Waals surface area contributed by atoms with E-state index in [1.165, 1.54) is 5.56 Å². The smallest absolute Gasteiger partial charge is 0.335 e. The van der Waals surface area contributed by atoms with E-state index >= 15 is 0 Å². The molecule has 6 heteroatoms. The summed E-state index contributed by atoms with van der Waals surface area (Å²) in [6.07, 6.45) is 1.67. The van der Waals surface area contributed by atoms with Gasteiger partial charge in [-0.3, -0.25) is 4.68 Å². The molecular weight excluding hydrogens is 480 g/mol. The highest BCUT2D eigenvalue weighted by Crippen LogP contribution is 2.34. The van der Waals surface area contributed by atoms with E-state index in [-0.39, 0.29) is 5.56 Å². The zero-order chi connectivity index (χ0) is 23.2. The van der Waals surface area contributed by atoms with Gasteiger partial charge in [0, 0.05) is 22.1 Å². The van der Waals surface area contributed by atoms with E-state index in [0.29, 0.717) is 18.9 Å². The van der Waals surface area contributed by atoms with Crippen LogP contribution in [0.15, 0.2) is 83.3 Å². The highest BCUT2D eigenvalue weighted by molar-refractivity contribution is 9.10. The second-order valence-electron chi connectivity index (χ2n) is 7.75. The molecule has 1 heterocycles. The number of aryl methyl sites for hydroxylation is 2. The van der Waals surface area contributed by atoms with E-state index < -0.39 is 5.97 Å². The van der Waals surface area contributed by atoms with Crippen LogP contribution in [0.4, 0.5) is 0 Å². The summed E-state index contributed by atoms with van der Waals surface area (Å²) in [5, 5.41) is 14.3. The minimum absolute atomic E-state index is 0.195. The van der Waals surface area contributed by atoms with Crippen molar-refractivity contribution >= 4 is 21.9 Å². The van der Waals surface area contributed by atoms with Gasteiger partial charge in [-0.2, -0.15) is 5.10 Å². The van der Waals surface area contributed by atoms with Gasteiger partial charge in [-0.15, -0.1) is 0 Å². The predicted molar refractivity (Wildman–Crippen MR) is 134 cm³/mol. The molecule has 0 fully saturated rings. The number of rotatable bonds is 9. The summed E-state index contributed by atoms with van der Waals surface area (Å²) in [6.45, 7) is 3.23. The number of carboxylic acid groups (broad SMARTS) is 1. The van der Waals surface area contributed by atoms with Gasteiger partial charge in [-0.05, 0) is 54.8 Å². The summed E-state index contributed by atoms with van der Waals surface area (Å²) in [5.41, 5.74) is 5.01. The van der Waals surface area contributed by atoms with E-state index in [9.17, 15) is 9.90 Å². The van der Waals surface area contributed by atoms with Gasteiger partial charge in [0.25, 0.3) is 0 Å². The first kappa shape index (κ1) is 22.8. The molecule has 0 bridgehead atoms. The van der Waals surface area contributed by atoms with Crippen molar-refractivity contribution < 1.29 is 14.6 Å². The number of aromatic carboxylic acids is 1. The minimum atomic E-state index is -0.980. The first-order valence-corrected chi connectivity index (χ1v) is 11.7. The normalized spacial score (nSPS) is 10.8. The van der Waals surface area contributed by atoms with Crippen molar-refractivity contribution in [2.75, 3.05) is 6.61 Å². The van der Waals surface area contributed by atoms with Crippen LogP contribution in [0.1, 0.15) is 29.3 Å². The number of carboxylic acids is 1. The van der Waals surface area contributed by atoms with E-state index in [1.54, 1.807) is 18.2 Å². The van der Waals surface area contributed by atoms with Crippen molar-refractivity contribution in [1.29, 1.82) is 0 Å². The van der Waals surface area contributed by atoms with E-state index in [2.05, 4.69) is 40.2 Å². The third-order valence-electron chi connectivity index (χ3n) is 5.32. The molecule has 0 saturated carbocycles. The van der Waals surface area contributed by atoms with Crippen molar-refractivity contribution in [3.8, 4) is 28.3 Å². The Labute approximate surface area is 201 Å². The van der Waals surface area contributed by atoms with Crippen molar-refractivity contribution in [2.24, 2.45) is 0 Å². The Morgan fingerprint density at radius 3 is 2.58 bits per heavy atom. The summed E-state index contributed by atoms with van der Waals surface area (Å²) in [7, 11) is 0. The van der Waals surface area contributed by atoms with Crippen LogP contribution in [0.25, 0.3) is 22.5 Å². The molecule has 0 unspecified atom stereocenters. The van der Waals surface area contributed by atoms with E-state index in [1.807, 2.05) is 48.0 Å². The molecule has 3 aromatic carbocycles. The van der Waals surface area contributed by atoms with Crippen LogP contribution in [-0.4, -0.2) is 27.5 Å². The Morgan fingerprint density at radius 1 is 1.03 bits per heavy atom. The van der Waals surface area contributed by atoms with Crippen LogP contribution < -0.4 is 4.74 Å². The van der Waals surface area contributed by atoms with Crippen molar-refractivity contribution in [3.63, 3.8) is 0 Å². The van der Waals surface area contributed by atoms with Gasteiger partial charge >= 0.3 is 5.97 Å². The average molecular weight is 505 g/mol. The Kier molecular flexibility index (Phi) is 7.25. The Bertz CT molecular complexity index is 1250. The van der Waals surface area contributed by atoms with Gasteiger partial charge in [0.1, 0.15) is 5.75 Å². The molecule has 0 saturated heterocycles. The number of carbonyl (C=O) groups is 1. The SMILES string of the molecule is CCCOc1cc(C(=O)O)ccc1-c1cc(-c2cccc(Br)c2)n(CCc2ccccc2)n1. The molecule has 0 aliphatic rings. The molecule has 0 amide bonds. The molecule has 4 aromatic rings. The molecule has 0 atom stereocenters. The first-order valence-electron chi connectivity index (χ1n) is 10.9. The molecule has 0 radical (unpaired) electrons. The summed E-state index contributed by atoms with van der Waals surface area (Å²) < 4.78 is 8.92. The summed E-state index contributed by atoms with van der Waals surface area (Å²) >= 11 is 3.57. The molecule has 0 aliphatic heterocycles. The topological polar surface area (TPSA) is 64.3 Å². The van der Waals surface area contributed by atoms with Crippen LogP contribution in [0.3, 0.4) is 0 Å². The predicted octanol–water partition coefficient (Wildman–Crippen LogP) is 6.71. The highest BCUT2D eigenvalue weighted by atomic mass is 79.9. The zero-order valence-corrected chi connectivity index (χ0v) is 20.0. The lowest BCUT2D eigenvalue weighted by Crippen LogP contribution is -2.05. The van der Waals surface area contributed by atoms with Crippen LogP contribution in [0.5, 0.6) is 5.75 Å². The minimum Gasteiger partial charge on any atom is -0.493 e. The fourth-order valence-electron chi connectivity index (χ4n) is 3.68. The van der Waals surface area contributed by atoms with Crippen LogP contribution in [-0.2, 0) is 13.0 Å². The van der Waals surface area contributed by atoms with E-state index in [4.69, 9.17) is 9.84 Å². The maximum Gasteiger partial charge on any atom is 0.335 e. The number of benzene rings is 3. The largest absolute Gasteiger partial charge is 0.493 e. The lowest BCUT2D eigenvalue weighted by atomic mass is 10.1. The van der Waals surface area contributed by atoms with Gasteiger partial charge in [0.05, 0.1) is 23.6 Å². The lowest BCUT2D eigenvalue weighted by molar-refractivity contribution is 0.0696. The molecule has 4 rings (SSSR count). The third kappa shape index (κ3) is 5.52. The Hall–Kier alpha value is -3.38. The van der Waals surface area contributed by atoms with Gasteiger partial charge in [-0.1, -0.05) is 65.3 Å². The highest BCUT2D eigenvalue weighted by Gasteiger charge is 2.17. The maximum absolute atomic E-state index is 11.5. The molecular formula is C27H25BrN2O3. The van der Waals surface area contributed by atoms with Crippen LogP contribution in [0.2, 0.25) is 0 Å². The number of hydrogen-bond acceptors (Lipinski definition) is 3. The van der Waals surface area contributed by atoms with Crippen molar-refractivity contribution in [3.05, 3.63) is 94.5 Å². The quantitative estimate of drug-likeness (QED) is 0.275. The number of aromatic nitrogens is 2. The first-order chi connectivity index (χ1) is 16.0. The molecule has 0 spiro atoms. The standard InChI is InChI=1S/C27H25BrN2O3/c1-2-15-33-26-17-21(27(31)32)11-12-23(26)24-18-25(20-9-6-10-22(28)16-20)30(29-24)14-13-19-7-4-3-5-8-19/h3-12,16-18H,2,13-15H2,1H3,(H,31,32). The second-order valence-corrected chi connectivity index (χ2v) is 8.66. The maximum atomic E-state index is 11.5. The van der Waals surface area contributed by atoms with Crippen LogP contribution in [0, 0.1) is 0 Å². The Morgan fingerprint density at radius 2 is 1.85 bits per heavy atom. The molecule has 168 valence electrons. The second kappa shape index (κ2) is 10.5. The molecule has 1 aromatic heterocycles. The fraction of sp³-hybridized carbons (Fsp3) is 0.185. The number of nitrogens with zero attached hydrogens (tertiary/aromatic N) is 2. The number of ether oxygens (including phenoxy) is 1. The monoisotopic (exact) mass is 504 g/mol. The van der Waals surface area contributed by atoms with Gasteiger partial charge in [0.15, 0.2) is 0 Å². The summed E-state index contributed by atoms with van der Waals surface area (Å²) in [4.78, 5) is 11.5. The molecule has 1 N–H and O–H groups in total. The lowest BCUT2D eigenvalue weighted by Gasteiger charge is -2.10. The third-order valence-corrected chi connectivity index (χ3v) is 5.81. The van der Waals surface area contributed by atoms with Crippen molar-refractivity contribution in [2.45, 2.75) is 26.3 Å². The van der Waals surface area contributed by atoms with E-state index in [0.717, 1.165) is 39.8 Å². The van der Waals surface area contributed by atoms with Crippen LogP contribution >= 0.6 is 15.9 Å². The van der Waals surface area contributed by atoms with Crippen molar-refractivity contribution in [1.82, 2.24) is 9.78 Å². The molecule has 0 aliphatic carbocycles. The summed E-state index contributed by atoms with van der Waals surface area (Å²) in [6, 6.07) is 25.5. The molecule has 5 nitrogen and oxygen atoms in total. The average Bonchev–Trinajstić information content (AvgIpc) is 3.26. The van der Waals surface area contributed by atoms with Gasteiger partial charge in [-0.25, -0.2) is 4.79 Å². The van der Waals surface area contributed by atoms with Gasteiger partial charge in [0.2, 0.25) is 0 Å². The fourth-order valence-corrected chi connectivity index (χ4v) is 4.08. The number of halogens is 1. The van der Waals surface area contributed by atoms with Gasteiger partial charge < -0.3 is 9.84 Å². The molecule has 33 heavy (non-hydrogen) atoms. The zero-order valence-electron chi connectivity index (χ0n) is 18.4. The Balaban J connectivity index is 1.76. The number of hydrogen-bond donors (Lipinski definition) is 1.